The summed E-state index contributed by atoms with van der Waals surface area (Å²) in [7, 11) is 0. The summed E-state index contributed by atoms with van der Waals surface area (Å²) in [4.78, 5) is 14.8. The highest BCUT2D eigenvalue weighted by Gasteiger charge is 2.13. The van der Waals surface area contributed by atoms with Crippen LogP contribution in [0.15, 0.2) is 22.7 Å². The highest BCUT2D eigenvalue weighted by molar-refractivity contribution is 5.90. The number of aryl methyl sites for hydroxylation is 1. The lowest BCUT2D eigenvalue weighted by atomic mass is 10.2. The van der Waals surface area contributed by atoms with Crippen molar-refractivity contribution in [1.29, 1.82) is 0 Å². The van der Waals surface area contributed by atoms with Crippen molar-refractivity contribution >= 4 is 5.97 Å². The largest absolute Gasteiger partial charge is 0.483 e. The van der Waals surface area contributed by atoms with Crippen LogP contribution < -0.4 is 4.74 Å². The van der Waals surface area contributed by atoms with Crippen molar-refractivity contribution in [3.8, 4) is 5.75 Å². The molecular weight excluding hydrogens is 243 g/mol. The Hall–Kier alpha value is -2.44. The number of hydrogen-bond donors (Lipinski definition) is 1. The number of carboxylic acids is 1. The highest BCUT2D eigenvalue weighted by Crippen LogP contribution is 2.21. The molecule has 2 rings (SSSR count). The summed E-state index contributed by atoms with van der Waals surface area (Å²) in [5.74, 6) is -1.25. The number of benzene rings is 1. The molecule has 0 saturated heterocycles. The van der Waals surface area contributed by atoms with E-state index in [0.717, 1.165) is 18.2 Å². The van der Waals surface area contributed by atoms with Crippen molar-refractivity contribution in [1.82, 2.24) is 10.1 Å². The predicted molar refractivity (Wildman–Crippen MR) is 56.7 cm³/mol. The van der Waals surface area contributed by atoms with Crippen LogP contribution in [0.5, 0.6) is 5.75 Å². The molecule has 1 heterocycles. The van der Waals surface area contributed by atoms with Crippen molar-refractivity contribution < 1.29 is 23.6 Å². The van der Waals surface area contributed by atoms with Gasteiger partial charge in [0.15, 0.2) is 12.4 Å². The van der Waals surface area contributed by atoms with Gasteiger partial charge in [0.05, 0.1) is 0 Å². The number of carboxylic acid groups (broad SMARTS) is 1. The molecule has 0 spiro atoms. The van der Waals surface area contributed by atoms with E-state index in [1.165, 1.54) is 0 Å². The lowest BCUT2D eigenvalue weighted by molar-refractivity contribution is 0.0691. The van der Waals surface area contributed by atoms with E-state index in [0.29, 0.717) is 5.82 Å². The molecule has 2 aromatic rings. The summed E-state index contributed by atoms with van der Waals surface area (Å²) in [6.07, 6.45) is 0. The summed E-state index contributed by atoms with van der Waals surface area (Å²) in [6.45, 7) is 1.52. The summed E-state index contributed by atoms with van der Waals surface area (Å²) in [5, 5.41) is 12.5. The SMILES string of the molecule is Cc1noc(COc2cc(F)ccc2C(=O)O)n1. The van der Waals surface area contributed by atoms with Gasteiger partial charge in [0, 0.05) is 6.07 Å². The van der Waals surface area contributed by atoms with Crippen molar-refractivity contribution in [2.45, 2.75) is 13.5 Å². The van der Waals surface area contributed by atoms with Crippen LogP contribution in [0.3, 0.4) is 0 Å². The maximum absolute atomic E-state index is 13.0. The van der Waals surface area contributed by atoms with E-state index in [4.69, 9.17) is 14.4 Å². The third-order valence-corrected chi connectivity index (χ3v) is 2.09. The second-order valence-corrected chi connectivity index (χ2v) is 3.47. The Bertz CT molecular complexity index is 582. The minimum Gasteiger partial charge on any atom is -0.483 e. The minimum atomic E-state index is -1.20. The topological polar surface area (TPSA) is 85.5 Å². The number of carbonyl (C=O) groups is 1. The van der Waals surface area contributed by atoms with E-state index >= 15 is 0 Å². The van der Waals surface area contributed by atoms with Gasteiger partial charge in [-0.25, -0.2) is 9.18 Å². The van der Waals surface area contributed by atoms with Gasteiger partial charge in [0.1, 0.15) is 17.1 Å². The molecule has 1 aromatic heterocycles. The third kappa shape index (κ3) is 2.62. The molecule has 0 radical (unpaired) electrons. The highest BCUT2D eigenvalue weighted by atomic mass is 19.1. The summed E-state index contributed by atoms with van der Waals surface area (Å²) in [5.41, 5.74) is -0.132. The first kappa shape index (κ1) is 12.0. The molecule has 0 unspecified atom stereocenters. The molecule has 0 bridgehead atoms. The van der Waals surface area contributed by atoms with Crippen LogP contribution in [-0.2, 0) is 6.61 Å². The van der Waals surface area contributed by atoms with Crippen LogP contribution in [0.25, 0.3) is 0 Å². The maximum Gasteiger partial charge on any atom is 0.339 e. The van der Waals surface area contributed by atoms with Crippen LogP contribution in [0.2, 0.25) is 0 Å². The fourth-order valence-electron chi connectivity index (χ4n) is 1.33. The van der Waals surface area contributed by atoms with Gasteiger partial charge in [-0.2, -0.15) is 4.98 Å². The molecular formula is C11H9FN2O4. The van der Waals surface area contributed by atoms with Gasteiger partial charge < -0.3 is 14.4 Å². The third-order valence-electron chi connectivity index (χ3n) is 2.09. The summed E-state index contributed by atoms with van der Waals surface area (Å²) >= 11 is 0. The van der Waals surface area contributed by atoms with Crippen molar-refractivity contribution in [3.05, 3.63) is 41.3 Å². The van der Waals surface area contributed by atoms with Gasteiger partial charge >= 0.3 is 5.97 Å². The molecule has 0 aliphatic rings. The maximum atomic E-state index is 13.0. The van der Waals surface area contributed by atoms with Gasteiger partial charge in [-0.1, -0.05) is 5.16 Å². The number of nitrogens with zero attached hydrogens (tertiary/aromatic N) is 2. The molecule has 1 N–H and O–H groups in total. The first-order valence-electron chi connectivity index (χ1n) is 5.01. The smallest absolute Gasteiger partial charge is 0.339 e. The second kappa shape index (κ2) is 4.82. The van der Waals surface area contributed by atoms with Crippen molar-refractivity contribution in [3.63, 3.8) is 0 Å². The molecule has 18 heavy (non-hydrogen) atoms. The number of rotatable bonds is 4. The summed E-state index contributed by atoms with van der Waals surface area (Å²) < 4.78 is 23.0. The van der Waals surface area contributed by atoms with Gasteiger partial charge in [-0.05, 0) is 19.1 Å². The normalized spacial score (nSPS) is 10.3. The molecule has 1 aromatic carbocycles. The van der Waals surface area contributed by atoms with Crippen LogP contribution in [0, 0.1) is 12.7 Å². The van der Waals surface area contributed by atoms with Gasteiger partial charge in [0.2, 0.25) is 0 Å². The molecule has 6 nitrogen and oxygen atoms in total. The van der Waals surface area contributed by atoms with E-state index in [1.807, 2.05) is 0 Å². The van der Waals surface area contributed by atoms with E-state index < -0.39 is 11.8 Å². The summed E-state index contributed by atoms with van der Waals surface area (Å²) in [6, 6.07) is 3.17. The molecule has 0 aliphatic carbocycles. The number of ether oxygens (including phenoxy) is 1. The van der Waals surface area contributed by atoms with Gasteiger partial charge in [0.25, 0.3) is 5.89 Å². The number of hydrogen-bond acceptors (Lipinski definition) is 5. The number of aromatic nitrogens is 2. The van der Waals surface area contributed by atoms with E-state index in [9.17, 15) is 9.18 Å². The minimum absolute atomic E-state index is 0.0849. The Balaban J connectivity index is 2.17. The lowest BCUT2D eigenvalue weighted by Crippen LogP contribution is -2.04. The first-order valence-corrected chi connectivity index (χ1v) is 5.01. The van der Waals surface area contributed by atoms with E-state index in [2.05, 4.69) is 10.1 Å². The van der Waals surface area contributed by atoms with Crippen molar-refractivity contribution in [2.75, 3.05) is 0 Å². The lowest BCUT2D eigenvalue weighted by Gasteiger charge is -2.06. The van der Waals surface area contributed by atoms with E-state index in [1.54, 1.807) is 6.92 Å². The molecule has 94 valence electrons. The predicted octanol–water partition coefficient (Wildman–Crippen LogP) is 1.79. The monoisotopic (exact) mass is 252 g/mol. The fourth-order valence-corrected chi connectivity index (χ4v) is 1.33. The Morgan fingerprint density at radius 2 is 2.33 bits per heavy atom. The molecule has 7 heteroatoms. The fraction of sp³-hybridized carbons (Fsp3) is 0.182. The number of halogens is 1. The zero-order valence-electron chi connectivity index (χ0n) is 9.38. The van der Waals surface area contributed by atoms with Crippen molar-refractivity contribution in [2.24, 2.45) is 0 Å². The molecule has 0 atom stereocenters. The zero-order chi connectivity index (χ0) is 13.1. The second-order valence-electron chi connectivity index (χ2n) is 3.47. The van der Waals surface area contributed by atoms with Gasteiger partial charge in [-0.15, -0.1) is 0 Å². The quantitative estimate of drug-likeness (QED) is 0.892. The Morgan fingerprint density at radius 1 is 1.56 bits per heavy atom. The Labute approximate surface area is 101 Å². The standard InChI is InChI=1S/C11H9FN2O4/c1-6-13-10(18-14-6)5-17-9-4-7(12)2-3-8(9)11(15)16/h2-4H,5H2,1H3,(H,15,16). The zero-order valence-corrected chi connectivity index (χ0v) is 9.38. The molecule has 0 fully saturated rings. The average Bonchev–Trinajstić information content (AvgIpc) is 2.72. The van der Waals surface area contributed by atoms with Crippen LogP contribution in [0.4, 0.5) is 4.39 Å². The molecule has 0 amide bonds. The number of aromatic carboxylic acids is 1. The van der Waals surface area contributed by atoms with E-state index in [-0.39, 0.29) is 23.8 Å². The van der Waals surface area contributed by atoms with Crippen LogP contribution in [-0.4, -0.2) is 21.2 Å². The van der Waals surface area contributed by atoms with Crippen LogP contribution in [0.1, 0.15) is 22.1 Å². The first-order chi connectivity index (χ1) is 8.56. The van der Waals surface area contributed by atoms with Crippen LogP contribution >= 0.6 is 0 Å². The molecule has 0 aliphatic heterocycles. The Kier molecular flexibility index (Phi) is 3.22. The Morgan fingerprint density at radius 3 is 2.94 bits per heavy atom. The van der Waals surface area contributed by atoms with Gasteiger partial charge in [-0.3, -0.25) is 0 Å². The molecule has 0 saturated carbocycles. The average molecular weight is 252 g/mol.